The zero-order valence-corrected chi connectivity index (χ0v) is 12.0. The predicted octanol–water partition coefficient (Wildman–Crippen LogP) is 3.99. The molecule has 0 aliphatic carbocycles. The second-order valence-electron chi connectivity index (χ2n) is 4.31. The summed E-state index contributed by atoms with van der Waals surface area (Å²) >= 11 is 3.53. The van der Waals surface area contributed by atoms with E-state index in [0.29, 0.717) is 0 Å². The first-order valence-corrected chi connectivity index (χ1v) is 7.22. The van der Waals surface area contributed by atoms with E-state index in [-0.39, 0.29) is 0 Å². The molecule has 0 saturated heterocycles. The van der Waals surface area contributed by atoms with Crippen molar-refractivity contribution < 1.29 is 0 Å². The van der Waals surface area contributed by atoms with Crippen LogP contribution in [0.5, 0.6) is 0 Å². The molecule has 0 saturated carbocycles. The normalized spacial score (nSPS) is 11.0. The summed E-state index contributed by atoms with van der Waals surface area (Å²) in [5, 5.41) is 1.06. The molecule has 90 valence electrons. The van der Waals surface area contributed by atoms with Crippen LogP contribution in [-0.2, 0) is 6.54 Å². The molecule has 1 aromatic rings. The lowest BCUT2D eigenvalue weighted by atomic mass is 10.1. The molecule has 1 rings (SSSR count). The van der Waals surface area contributed by atoms with Crippen molar-refractivity contribution in [3.8, 4) is 0 Å². The maximum absolute atomic E-state index is 3.53. The number of benzene rings is 1. The van der Waals surface area contributed by atoms with Gasteiger partial charge in [-0.15, -0.1) is 0 Å². The Hall–Kier alpha value is -0.340. The van der Waals surface area contributed by atoms with Gasteiger partial charge >= 0.3 is 0 Å². The molecular weight excluding hydrogens is 262 g/mol. The molecule has 0 aromatic heterocycles. The van der Waals surface area contributed by atoms with E-state index in [4.69, 9.17) is 0 Å². The van der Waals surface area contributed by atoms with E-state index in [1.54, 1.807) is 0 Å². The molecule has 0 bridgehead atoms. The number of alkyl halides is 1. The molecular formula is C14H22BrN. The van der Waals surface area contributed by atoms with Crippen LogP contribution in [0, 0.1) is 6.92 Å². The quantitative estimate of drug-likeness (QED) is 0.684. The van der Waals surface area contributed by atoms with Gasteiger partial charge in [-0.05, 0) is 25.5 Å². The highest BCUT2D eigenvalue weighted by Gasteiger charge is 2.04. The van der Waals surface area contributed by atoms with Crippen LogP contribution in [0.2, 0.25) is 0 Å². The molecule has 1 nitrogen and oxygen atoms in total. The predicted molar refractivity (Wildman–Crippen MR) is 75.2 cm³/mol. The highest BCUT2D eigenvalue weighted by Crippen LogP contribution is 2.09. The van der Waals surface area contributed by atoms with E-state index in [2.05, 4.69) is 58.9 Å². The summed E-state index contributed by atoms with van der Waals surface area (Å²) in [5.74, 6) is 0. The highest BCUT2D eigenvalue weighted by atomic mass is 79.9. The molecule has 1 aromatic carbocycles. The molecule has 0 unspecified atom stereocenters. The molecule has 2 heteroatoms. The van der Waals surface area contributed by atoms with E-state index >= 15 is 0 Å². The molecule has 0 aliphatic heterocycles. The maximum atomic E-state index is 3.53. The Morgan fingerprint density at radius 3 is 2.69 bits per heavy atom. The van der Waals surface area contributed by atoms with Crippen LogP contribution in [0.4, 0.5) is 0 Å². The Kier molecular flexibility index (Phi) is 6.74. The maximum Gasteiger partial charge on any atom is 0.0234 e. The Labute approximate surface area is 108 Å². The fraction of sp³-hybridized carbons (Fsp3) is 0.571. The van der Waals surface area contributed by atoms with Gasteiger partial charge in [0.25, 0.3) is 0 Å². The third-order valence-corrected chi connectivity index (χ3v) is 3.07. The van der Waals surface area contributed by atoms with Gasteiger partial charge in [-0.2, -0.15) is 0 Å². The minimum Gasteiger partial charge on any atom is -0.298 e. The summed E-state index contributed by atoms with van der Waals surface area (Å²) in [6.45, 7) is 7.82. The Morgan fingerprint density at radius 2 is 2.06 bits per heavy atom. The second kappa shape index (κ2) is 7.86. The van der Waals surface area contributed by atoms with Crippen LogP contribution >= 0.6 is 15.9 Å². The van der Waals surface area contributed by atoms with Crippen LogP contribution in [0.25, 0.3) is 0 Å². The topological polar surface area (TPSA) is 3.24 Å². The van der Waals surface area contributed by atoms with Gasteiger partial charge in [-0.3, -0.25) is 4.90 Å². The second-order valence-corrected chi connectivity index (χ2v) is 5.10. The van der Waals surface area contributed by atoms with Crippen molar-refractivity contribution >= 4 is 15.9 Å². The van der Waals surface area contributed by atoms with E-state index < -0.39 is 0 Å². The zero-order chi connectivity index (χ0) is 11.8. The summed E-state index contributed by atoms with van der Waals surface area (Å²) < 4.78 is 0. The highest BCUT2D eigenvalue weighted by molar-refractivity contribution is 9.09. The third-order valence-electron chi connectivity index (χ3n) is 2.72. The first kappa shape index (κ1) is 13.7. The lowest BCUT2D eigenvalue weighted by molar-refractivity contribution is 0.278. The first-order valence-electron chi connectivity index (χ1n) is 6.10. The van der Waals surface area contributed by atoms with Gasteiger partial charge in [0.05, 0.1) is 0 Å². The molecule has 0 amide bonds. The fourth-order valence-electron chi connectivity index (χ4n) is 1.84. The van der Waals surface area contributed by atoms with Crippen molar-refractivity contribution in [1.29, 1.82) is 0 Å². The largest absolute Gasteiger partial charge is 0.298 e. The Morgan fingerprint density at radius 1 is 1.25 bits per heavy atom. The average Bonchev–Trinajstić information content (AvgIpc) is 2.26. The van der Waals surface area contributed by atoms with E-state index in [1.165, 1.54) is 30.5 Å². The molecule has 0 N–H and O–H groups in total. The van der Waals surface area contributed by atoms with Crippen molar-refractivity contribution in [3.05, 3.63) is 35.4 Å². The fourth-order valence-corrected chi connectivity index (χ4v) is 2.34. The number of hydrogen-bond acceptors (Lipinski definition) is 1. The van der Waals surface area contributed by atoms with E-state index in [9.17, 15) is 0 Å². The van der Waals surface area contributed by atoms with Gasteiger partial charge in [0.15, 0.2) is 0 Å². The molecule has 0 atom stereocenters. The van der Waals surface area contributed by atoms with Gasteiger partial charge in [0.1, 0.15) is 0 Å². The minimum atomic E-state index is 1.06. The third kappa shape index (κ3) is 5.13. The van der Waals surface area contributed by atoms with Crippen LogP contribution in [0.3, 0.4) is 0 Å². The van der Waals surface area contributed by atoms with Crippen LogP contribution < -0.4 is 0 Å². The summed E-state index contributed by atoms with van der Waals surface area (Å²) in [7, 11) is 0. The number of aryl methyl sites for hydroxylation is 1. The number of hydrogen-bond donors (Lipinski definition) is 0. The van der Waals surface area contributed by atoms with E-state index in [1.807, 2.05) is 0 Å². The van der Waals surface area contributed by atoms with E-state index in [0.717, 1.165) is 18.4 Å². The van der Waals surface area contributed by atoms with Gasteiger partial charge < -0.3 is 0 Å². The monoisotopic (exact) mass is 283 g/mol. The van der Waals surface area contributed by atoms with Gasteiger partial charge in [0.2, 0.25) is 0 Å². The lowest BCUT2D eigenvalue weighted by Crippen LogP contribution is -2.26. The van der Waals surface area contributed by atoms with Crippen molar-refractivity contribution in [2.75, 3.05) is 18.4 Å². The van der Waals surface area contributed by atoms with Gasteiger partial charge in [0, 0.05) is 18.4 Å². The van der Waals surface area contributed by atoms with Crippen molar-refractivity contribution in [1.82, 2.24) is 4.90 Å². The molecule has 0 aliphatic rings. The molecule has 16 heavy (non-hydrogen) atoms. The van der Waals surface area contributed by atoms with Gasteiger partial charge in [-0.1, -0.05) is 59.1 Å². The lowest BCUT2D eigenvalue weighted by Gasteiger charge is -2.21. The number of rotatable bonds is 7. The average molecular weight is 284 g/mol. The Balaban J connectivity index is 2.52. The molecule has 0 radical (unpaired) electrons. The molecule has 0 heterocycles. The van der Waals surface area contributed by atoms with Crippen molar-refractivity contribution in [2.24, 2.45) is 0 Å². The zero-order valence-electron chi connectivity index (χ0n) is 10.4. The van der Waals surface area contributed by atoms with Crippen LogP contribution in [0.1, 0.15) is 30.9 Å². The molecule has 0 spiro atoms. The number of halogens is 1. The van der Waals surface area contributed by atoms with Crippen LogP contribution in [-0.4, -0.2) is 23.3 Å². The number of unbranched alkanes of at least 4 members (excludes halogenated alkanes) is 1. The number of nitrogens with zero attached hydrogens (tertiary/aromatic N) is 1. The van der Waals surface area contributed by atoms with Crippen molar-refractivity contribution in [3.63, 3.8) is 0 Å². The Bertz CT molecular complexity index is 299. The minimum absolute atomic E-state index is 1.06. The van der Waals surface area contributed by atoms with Crippen LogP contribution in [0.15, 0.2) is 24.3 Å². The first-order chi connectivity index (χ1) is 7.76. The molecule has 0 fully saturated rings. The summed E-state index contributed by atoms with van der Waals surface area (Å²) in [5.41, 5.74) is 2.78. The summed E-state index contributed by atoms with van der Waals surface area (Å²) in [4.78, 5) is 2.52. The van der Waals surface area contributed by atoms with Crippen molar-refractivity contribution in [2.45, 2.75) is 33.2 Å². The summed E-state index contributed by atoms with van der Waals surface area (Å²) in [6.07, 6.45) is 2.56. The SMILES string of the molecule is CCCCN(CCBr)Cc1cccc(C)c1. The van der Waals surface area contributed by atoms with Gasteiger partial charge in [-0.25, -0.2) is 0 Å². The summed E-state index contributed by atoms with van der Waals surface area (Å²) in [6, 6.07) is 8.81. The smallest absolute Gasteiger partial charge is 0.0234 e. The standard InChI is InChI=1S/C14H22BrN/c1-3-4-9-16(10-8-15)12-14-7-5-6-13(2)11-14/h5-7,11H,3-4,8-10,12H2,1-2H3.